The number of ether oxygens (including phenoxy) is 1. The van der Waals surface area contributed by atoms with E-state index in [0.29, 0.717) is 18.5 Å². The average molecular weight is 487 g/mol. The van der Waals surface area contributed by atoms with Crippen LogP contribution in [0.1, 0.15) is 38.2 Å². The van der Waals surface area contributed by atoms with Gasteiger partial charge in [-0.15, -0.1) is 0 Å². The fraction of sp³-hybridized carbons (Fsp3) is 0.250. The number of rotatable bonds is 7. The van der Waals surface area contributed by atoms with E-state index in [1.165, 1.54) is 17.1 Å². The molecule has 0 aliphatic heterocycles. The summed E-state index contributed by atoms with van der Waals surface area (Å²) in [6, 6.07) is 15.8. The maximum Gasteiger partial charge on any atom is 0.412 e. The molecule has 2 aliphatic carbocycles. The number of carboxylic acids is 1. The van der Waals surface area contributed by atoms with E-state index in [1.54, 1.807) is 6.20 Å². The fourth-order valence-corrected chi connectivity index (χ4v) is 5.08. The number of nitrogens with one attached hydrogen (secondary N) is 1. The summed E-state index contributed by atoms with van der Waals surface area (Å²) in [6.45, 7) is 2.32. The molecule has 3 aromatic rings. The zero-order valence-electron chi connectivity index (χ0n) is 19.4. The Balaban J connectivity index is 1.25. The molecule has 0 saturated heterocycles. The number of hydrogen-bond donors (Lipinski definition) is 2. The summed E-state index contributed by atoms with van der Waals surface area (Å²) in [5, 5.41) is 12.3. The van der Waals surface area contributed by atoms with Gasteiger partial charge in [-0.2, -0.15) is 4.37 Å². The quantitative estimate of drug-likeness (QED) is 0.383. The van der Waals surface area contributed by atoms with Crippen LogP contribution in [0.3, 0.4) is 0 Å². The van der Waals surface area contributed by atoms with E-state index in [0.717, 1.165) is 45.5 Å². The largest absolute Gasteiger partial charge is 0.481 e. The molecule has 2 N–H and O–H groups in total. The van der Waals surface area contributed by atoms with Gasteiger partial charge in [-0.05, 0) is 72.0 Å². The first-order chi connectivity index (χ1) is 17.0. The van der Waals surface area contributed by atoms with Crippen LogP contribution in [0.2, 0.25) is 0 Å². The molecule has 5 rings (SSSR count). The molecule has 178 valence electrons. The van der Waals surface area contributed by atoms with Crippen molar-refractivity contribution in [1.82, 2.24) is 4.37 Å². The van der Waals surface area contributed by atoms with Gasteiger partial charge in [0.2, 0.25) is 0 Å². The Morgan fingerprint density at radius 2 is 1.71 bits per heavy atom. The Labute approximate surface area is 208 Å². The van der Waals surface area contributed by atoms with Gasteiger partial charge in [0.1, 0.15) is 6.61 Å². The Morgan fingerprint density at radius 1 is 1.06 bits per heavy atom. The first-order valence-corrected chi connectivity index (χ1v) is 12.4. The van der Waals surface area contributed by atoms with Crippen molar-refractivity contribution < 1.29 is 19.4 Å². The molecule has 35 heavy (non-hydrogen) atoms. The maximum atomic E-state index is 12.4. The van der Waals surface area contributed by atoms with Crippen molar-refractivity contribution in [3.05, 3.63) is 83.6 Å². The molecule has 0 unspecified atom stereocenters. The molecule has 0 spiro atoms. The van der Waals surface area contributed by atoms with Gasteiger partial charge in [0.05, 0.1) is 22.2 Å². The maximum absolute atomic E-state index is 12.4. The second kappa shape index (κ2) is 9.50. The fourth-order valence-electron chi connectivity index (χ4n) is 4.37. The van der Waals surface area contributed by atoms with E-state index in [9.17, 15) is 14.7 Å². The molecule has 1 amide bonds. The molecular formula is C28H26N2O4S. The topological polar surface area (TPSA) is 88.5 Å². The minimum Gasteiger partial charge on any atom is -0.481 e. The van der Waals surface area contributed by atoms with Crippen molar-refractivity contribution in [1.29, 1.82) is 0 Å². The Hall–Kier alpha value is -3.71. The highest BCUT2D eigenvalue weighted by Crippen LogP contribution is 2.48. The van der Waals surface area contributed by atoms with Crippen LogP contribution in [0.4, 0.5) is 10.5 Å². The van der Waals surface area contributed by atoms with Gasteiger partial charge < -0.3 is 9.84 Å². The number of aromatic nitrogens is 1. The third kappa shape index (κ3) is 4.77. The van der Waals surface area contributed by atoms with E-state index in [-0.39, 0.29) is 6.61 Å². The molecule has 2 aromatic carbocycles. The van der Waals surface area contributed by atoms with E-state index in [1.807, 2.05) is 54.6 Å². The number of amides is 1. The number of allylic oxidation sites excluding steroid dienone is 2. The van der Waals surface area contributed by atoms with Crippen LogP contribution in [0, 0.1) is 0 Å². The lowest BCUT2D eigenvalue weighted by Crippen LogP contribution is -2.19. The SMILES string of the molecule is CC1=C(COC(=O)Nc2cnsc2-c2ccc(-c3ccc(C4(C(=O)O)CC4)cc3)cc2)C=CCC1. The third-order valence-corrected chi connectivity index (χ3v) is 7.65. The zero-order valence-corrected chi connectivity index (χ0v) is 20.2. The highest BCUT2D eigenvalue weighted by molar-refractivity contribution is 7.10. The summed E-state index contributed by atoms with van der Waals surface area (Å²) in [4.78, 5) is 24.8. The lowest BCUT2D eigenvalue weighted by Gasteiger charge is -2.13. The average Bonchev–Trinajstić information content (AvgIpc) is 3.57. The molecule has 1 heterocycles. The molecule has 1 fully saturated rings. The monoisotopic (exact) mass is 486 g/mol. The van der Waals surface area contributed by atoms with Crippen LogP contribution in [-0.2, 0) is 14.9 Å². The van der Waals surface area contributed by atoms with Gasteiger partial charge in [0, 0.05) is 0 Å². The number of nitrogens with zero attached hydrogens (tertiary/aromatic N) is 1. The van der Waals surface area contributed by atoms with Crippen molar-refractivity contribution in [2.75, 3.05) is 11.9 Å². The second-order valence-corrected chi connectivity index (χ2v) is 9.86. The van der Waals surface area contributed by atoms with Gasteiger partial charge >= 0.3 is 12.1 Å². The lowest BCUT2D eigenvalue weighted by atomic mass is 9.93. The molecule has 7 heteroatoms. The van der Waals surface area contributed by atoms with Crippen LogP contribution in [0.5, 0.6) is 0 Å². The van der Waals surface area contributed by atoms with Gasteiger partial charge in [-0.25, -0.2) is 4.79 Å². The third-order valence-electron chi connectivity index (χ3n) is 6.80. The number of carbonyl (C=O) groups is 2. The highest BCUT2D eigenvalue weighted by atomic mass is 32.1. The summed E-state index contributed by atoms with van der Waals surface area (Å²) >= 11 is 1.31. The number of hydrogen-bond acceptors (Lipinski definition) is 5. The number of carboxylic acid groups (broad SMARTS) is 1. The molecule has 6 nitrogen and oxygen atoms in total. The van der Waals surface area contributed by atoms with Gasteiger partial charge in [-0.1, -0.05) is 66.3 Å². The van der Waals surface area contributed by atoms with E-state index >= 15 is 0 Å². The zero-order chi connectivity index (χ0) is 24.4. The first-order valence-electron chi connectivity index (χ1n) is 11.6. The molecule has 1 saturated carbocycles. The summed E-state index contributed by atoms with van der Waals surface area (Å²) in [5.41, 5.74) is 6.09. The predicted octanol–water partition coefficient (Wildman–Crippen LogP) is 6.81. The van der Waals surface area contributed by atoms with Crippen LogP contribution in [0.15, 0.2) is 78.0 Å². The van der Waals surface area contributed by atoms with Crippen molar-refractivity contribution >= 4 is 29.3 Å². The Morgan fingerprint density at radius 3 is 2.34 bits per heavy atom. The smallest absolute Gasteiger partial charge is 0.412 e. The van der Waals surface area contributed by atoms with E-state index < -0.39 is 17.5 Å². The van der Waals surface area contributed by atoms with E-state index in [4.69, 9.17) is 4.74 Å². The molecular weight excluding hydrogens is 460 g/mol. The van der Waals surface area contributed by atoms with Crippen LogP contribution in [0.25, 0.3) is 21.6 Å². The molecule has 0 bridgehead atoms. The summed E-state index contributed by atoms with van der Waals surface area (Å²) < 4.78 is 9.68. The van der Waals surface area contributed by atoms with Gasteiger partial charge in [-0.3, -0.25) is 10.1 Å². The molecule has 0 atom stereocenters. The number of benzene rings is 2. The summed E-state index contributed by atoms with van der Waals surface area (Å²) in [5.74, 6) is -0.745. The summed E-state index contributed by atoms with van der Waals surface area (Å²) in [7, 11) is 0. The standard InChI is InChI=1S/C28H26N2O4S/c1-18-4-2-3-5-22(18)17-34-27(33)30-24-16-29-35-25(24)21-8-6-19(7-9-21)20-10-12-23(13-11-20)28(14-15-28)26(31)32/h3,5-13,16H,2,4,14-15,17H2,1H3,(H,30,33)(H,31,32). The molecule has 2 aliphatic rings. The van der Waals surface area contributed by atoms with Crippen molar-refractivity contribution in [3.63, 3.8) is 0 Å². The molecule has 1 aromatic heterocycles. The predicted molar refractivity (Wildman–Crippen MR) is 138 cm³/mol. The Kier molecular flexibility index (Phi) is 6.26. The van der Waals surface area contributed by atoms with Crippen LogP contribution < -0.4 is 5.32 Å². The van der Waals surface area contributed by atoms with Gasteiger partial charge in [0.15, 0.2) is 0 Å². The van der Waals surface area contributed by atoms with Crippen molar-refractivity contribution in [2.24, 2.45) is 0 Å². The first kappa shape index (κ1) is 23.1. The van der Waals surface area contributed by atoms with Crippen molar-refractivity contribution in [2.45, 2.75) is 38.0 Å². The summed E-state index contributed by atoms with van der Waals surface area (Å²) in [6.07, 6.45) is 8.68. The second-order valence-electron chi connectivity index (χ2n) is 9.06. The normalized spacial score (nSPS) is 16.1. The van der Waals surface area contributed by atoms with E-state index in [2.05, 4.69) is 22.7 Å². The minimum atomic E-state index is -0.745. The highest BCUT2D eigenvalue weighted by Gasteiger charge is 2.51. The number of anilines is 1. The van der Waals surface area contributed by atoms with Crippen molar-refractivity contribution in [3.8, 4) is 21.6 Å². The lowest BCUT2D eigenvalue weighted by molar-refractivity contribution is -0.140. The van der Waals surface area contributed by atoms with Crippen LogP contribution >= 0.6 is 11.5 Å². The van der Waals surface area contributed by atoms with Gasteiger partial charge in [0.25, 0.3) is 0 Å². The number of aliphatic carboxylic acids is 1. The minimum absolute atomic E-state index is 0.252. The number of carbonyl (C=O) groups excluding carboxylic acids is 1. The molecule has 0 radical (unpaired) electrons. The van der Waals surface area contributed by atoms with Crippen LogP contribution in [-0.4, -0.2) is 28.1 Å². The Bertz CT molecular complexity index is 1320.